The number of methoxy groups -OCH3 is 1. The number of rotatable bonds is 3. The molecule has 110 valence electrons. The summed E-state index contributed by atoms with van der Waals surface area (Å²) in [5.74, 6) is 0.870. The molecule has 3 nitrogen and oxygen atoms in total. The minimum atomic E-state index is -0.0278. The number of hydrogen-bond donors (Lipinski definition) is 1. The van der Waals surface area contributed by atoms with Crippen LogP contribution in [0.2, 0.25) is 0 Å². The Balaban J connectivity index is 1.94. The average Bonchev–Trinajstić information content (AvgIpc) is 2.49. The van der Waals surface area contributed by atoms with Crippen LogP contribution >= 0.6 is 15.9 Å². The Morgan fingerprint density at radius 2 is 2.05 bits per heavy atom. The molecule has 1 aliphatic heterocycles. The summed E-state index contributed by atoms with van der Waals surface area (Å²) in [4.78, 5) is 0. The highest BCUT2D eigenvalue weighted by Gasteiger charge is 2.28. The van der Waals surface area contributed by atoms with E-state index in [2.05, 4.69) is 28.1 Å². The summed E-state index contributed by atoms with van der Waals surface area (Å²) < 4.78 is 12.5. The van der Waals surface area contributed by atoms with Crippen LogP contribution in [0.3, 0.4) is 0 Å². The molecule has 0 bridgehead atoms. The first-order chi connectivity index (χ1) is 10.2. The van der Waals surface area contributed by atoms with E-state index in [4.69, 9.17) is 15.2 Å². The average molecular weight is 348 g/mol. The van der Waals surface area contributed by atoms with Gasteiger partial charge in [-0.25, -0.2) is 0 Å². The van der Waals surface area contributed by atoms with Crippen molar-refractivity contribution in [3.8, 4) is 5.75 Å². The van der Waals surface area contributed by atoms with E-state index in [0.717, 1.165) is 33.3 Å². The van der Waals surface area contributed by atoms with Gasteiger partial charge in [-0.15, -0.1) is 0 Å². The first-order valence-electron chi connectivity index (χ1n) is 6.97. The van der Waals surface area contributed by atoms with Gasteiger partial charge in [-0.05, 0) is 29.3 Å². The summed E-state index contributed by atoms with van der Waals surface area (Å²) in [6.07, 6.45) is 0.740. The van der Waals surface area contributed by atoms with Gasteiger partial charge in [-0.3, -0.25) is 0 Å². The Bertz CT molecular complexity index is 644. The molecule has 1 aliphatic rings. The number of halogens is 1. The Morgan fingerprint density at radius 1 is 1.24 bits per heavy atom. The Labute approximate surface area is 133 Å². The van der Waals surface area contributed by atoms with Crippen molar-refractivity contribution in [2.45, 2.75) is 25.2 Å². The van der Waals surface area contributed by atoms with E-state index in [9.17, 15) is 0 Å². The molecule has 2 N–H and O–H groups in total. The van der Waals surface area contributed by atoms with Crippen LogP contribution in [0.15, 0.2) is 46.9 Å². The van der Waals surface area contributed by atoms with Crippen molar-refractivity contribution < 1.29 is 9.47 Å². The van der Waals surface area contributed by atoms with Gasteiger partial charge in [0.05, 0.1) is 6.61 Å². The molecule has 3 rings (SSSR count). The van der Waals surface area contributed by atoms with E-state index in [1.165, 1.54) is 0 Å². The van der Waals surface area contributed by atoms with Crippen molar-refractivity contribution in [3.63, 3.8) is 0 Å². The molecular weight excluding hydrogens is 330 g/mol. The number of ether oxygens (including phenoxy) is 2. The fourth-order valence-corrected chi connectivity index (χ4v) is 3.18. The molecule has 2 atom stereocenters. The van der Waals surface area contributed by atoms with Crippen LogP contribution in [0.1, 0.15) is 35.3 Å². The molecular formula is C17H18BrNO2. The van der Waals surface area contributed by atoms with Crippen molar-refractivity contribution in [3.05, 3.63) is 63.6 Å². The number of nitrogens with two attached hydrogens (primary N) is 1. The fraction of sp³-hybridized carbons (Fsp3) is 0.294. The van der Waals surface area contributed by atoms with E-state index < -0.39 is 0 Å². The van der Waals surface area contributed by atoms with Crippen molar-refractivity contribution in [1.82, 2.24) is 0 Å². The molecule has 0 spiro atoms. The highest BCUT2D eigenvalue weighted by molar-refractivity contribution is 9.10. The summed E-state index contributed by atoms with van der Waals surface area (Å²) in [7, 11) is 1.71. The largest absolute Gasteiger partial charge is 0.485 e. The highest BCUT2D eigenvalue weighted by atomic mass is 79.9. The highest BCUT2D eigenvalue weighted by Crippen LogP contribution is 2.41. The van der Waals surface area contributed by atoms with Gasteiger partial charge in [-0.1, -0.05) is 40.2 Å². The van der Waals surface area contributed by atoms with Crippen molar-refractivity contribution in [2.75, 3.05) is 7.11 Å². The molecule has 0 aromatic heterocycles. The molecule has 0 saturated carbocycles. The zero-order valence-corrected chi connectivity index (χ0v) is 13.5. The smallest absolute Gasteiger partial charge is 0.126 e. The SMILES string of the molecule is COCc1ccccc1C1C[C@H](N)c2cc(Br)ccc2O1. The molecule has 1 unspecified atom stereocenters. The maximum atomic E-state index is 6.33. The van der Waals surface area contributed by atoms with Gasteiger partial charge in [-0.2, -0.15) is 0 Å². The Morgan fingerprint density at radius 3 is 2.86 bits per heavy atom. The van der Waals surface area contributed by atoms with Gasteiger partial charge < -0.3 is 15.2 Å². The van der Waals surface area contributed by atoms with Crippen LogP contribution in [-0.2, 0) is 11.3 Å². The lowest BCUT2D eigenvalue weighted by atomic mass is 9.91. The topological polar surface area (TPSA) is 44.5 Å². The quantitative estimate of drug-likeness (QED) is 0.908. The van der Waals surface area contributed by atoms with Gasteiger partial charge in [0.25, 0.3) is 0 Å². The minimum absolute atomic E-state index is 0.0214. The predicted molar refractivity (Wildman–Crippen MR) is 86.2 cm³/mol. The first kappa shape index (κ1) is 14.6. The van der Waals surface area contributed by atoms with Crippen LogP contribution in [0.25, 0.3) is 0 Å². The molecule has 0 radical (unpaired) electrons. The number of hydrogen-bond acceptors (Lipinski definition) is 3. The van der Waals surface area contributed by atoms with E-state index in [-0.39, 0.29) is 12.1 Å². The standard InChI is InChI=1S/C17H18BrNO2/c1-20-10-11-4-2-3-5-13(11)17-9-15(19)14-8-12(18)6-7-16(14)21-17/h2-8,15,17H,9-10,19H2,1H3/t15-,17?/m0/s1. The normalized spacial score (nSPS) is 20.7. The molecule has 4 heteroatoms. The Kier molecular flexibility index (Phi) is 4.29. The van der Waals surface area contributed by atoms with Crippen LogP contribution in [0.5, 0.6) is 5.75 Å². The van der Waals surface area contributed by atoms with Crippen LogP contribution < -0.4 is 10.5 Å². The predicted octanol–water partition coefficient (Wildman–Crippen LogP) is 4.12. The third kappa shape index (κ3) is 2.98. The van der Waals surface area contributed by atoms with E-state index in [1.807, 2.05) is 30.3 Å². The summed E-state index contributed by atoms with van der Waals surface area (Å²) >= 11 is 3.48. The lowest BCUT2D eigenvalue weighted by Crippen LogP contribution is -2.24. The molecule has 0 aliphatic carbocycles. The molecule has 0 amide bonds. The maximum absolute atomic E-state index is 6.33. The summed E-state index contributed by atoms with van der Waals surface area (Å²) in [6.45, 7) is 0.582. The van der Waals surface area contributed by atoms with Crippen LogP contribution in [-0.4, -0.2) is 7.11 Å². The lowest BCUT2D eigenvalue weighted by Gasteiger charge is -2.31. The van der Waals surface area contributed by atoms with Gasteiger partial charge >= 0.3 is 0 Å². The molecule has 0 saturated heterocycles. The van der Waals surface area contributed by atoms with E-state index >= 15 is 0 Å². The van der Waals surface area contributed by atoms with E-state index in [0.29, 0.717) is 6.61 Å². The monoisotopic (exact) mass is 347 g/mol. The van der Waals surface area contributed by atoms with Gasteiger partial charge in [0.1, 0.15) is 11.9 Å². The third-order valence-electron chi connectivity index (χ3n) is 3.81. The summed E-state index contributed by atoms with van der Waals surface area (Å²) in [6, 6.07) is 14.2. The molecule has 21 heavy (non-hydrogen) atoms. The van der Waals surface area contributed by atoms with Gasteiger partial charge in [0.15, 0.2) is 0 Å². The molecule has 1 heterocycles. The number of fused-ring (bicyclic) bond motifs is 1. The van der Waals surface area contributed by atoms with Crippen molar-refractivity contribution in [1.29, 1.82) is 0 Å². The van der Waals surface area contributed by atoms with Crippen molar-refractivity contribution in [2.24, 2.45) is 5.73 Å². The second-order valence-electron chi connectivity index (χ2n) is 5.26. The first-order valence-corrected chi connectivity index (χ1v) is 7.76. The minimum Gasteiger partial charge on any atom is -0.485 e. The zero-order chi connectivity index (χ0) is 14.8. The zero-order valence-electron chi connectivity index (χ0n) is 11.9. The number of benzene rings is 2. The van der Waals surface area contributed by atoms with Gasteiger partial charge in [0.2, 0.25) is 0 Å². The maximum Gasteiger partial charge on any atom is 0.126 e. The second-order valence-corrected chi connectivity index (χ2v) is 6.18. The van der Waals surface area contributed by atoms with Gasteiger partial charge in [0, 0.05) is 29.6 Å². The molecule has 2 aromatic carbocycles. The van der Waals surface area contributed by atoms with Crippen LogP contribution in [0.4, 0.5) is 0 Å². The lowest BCUT2D eigenvalue weighted by molar-refractivity contribution is 0.151. The fourth-order valence-electron chi connectivity index (χ4n) is 2.80. The third-order valence-corrected chi connectivity index (χ3v) is 4.30. The van der Waals surface area contributed by atoms with E-state index in [1.54, 1.807) is 7.11 Å². The van der Waals surface area contributed by atoms with Crippen LogP contribution in [0, 0.1) is 0 Å². The summed E-state index contributed by atoms with van der Waals surface area (Å²) in [5.41, 5.74) is 9.70. The van der Waals surface area contributed by atoms with Crippen molar-refractivity contribution >= 4 is 15.9 Å². The molecule has 2 aromatic rings. The second kappa shape index (κ2) is 6.18. The Hall–Kier alpha value is -1.36. The molecule has 0 fully saturated rings. The summed E-state index contributed by atoms with van der Waals surface area (Å²) in [5, 5.41) is 0.